The summed E-state index contributed by atoms with van der Waals surface area (Å²) in [5, 5.41) is 6.26. The van der Waals surface area contributed by atoms with E-state index in [-0.39, 0.29) is 29.8 Å². The van der Waals surface area contributed by atoms with Crippen LogP contribution in [0.25, 0.3) is 10.3 Å². The SMILES string of the molecule is CCc1ccccc1NC(=O)Cn1cnc2nc(N3CCC[C@@H](C(=O)NC)C3)sc2c1=O. The van der Waals surface area contributed by atoms with Crippen molar-refractivity contribution in [2.24, 2.45) is 5.92 Å². The van der Waals surface area contributed by atoms with Gasteiger partial charge in [-0.2, -0.15) is 4.98 Å². The molecular weight excluding hydrogens is 428 g/mol. The lowest BCUT2D eigenvalue weighted by atomic mass is 9.98. The van der Waals surface area contributed by atoms with Crippen LogP contribution in [-0.2, 0) is 22.6 Å². The Kier molecular flexibility index (Phi) is 6.50. The molecule has 1 aliphatic rings. The van der Waals surface area contributed by atoms with Gasteiger partial charge < -0.3 is 15.5 Å². The van der Waals surface area contributed by atoms with Crippen molar-refractivity contribution >= 4 is 44.3 Å². The molecule has 0 bridgehead atoms. The van der Waals surface area contributed by atoms with Gasteiger partial charge in [-0.05, 0) is 30.9 Å². The van der Waals surface area contributed by atoms with E-state index in [4.69, 9.17) is 0 Å². The van der Waals surface area contributed by atoms with Crippen LogP contribution in [0.4, 0.5) is 10.8 Å². The fourth-order valence-corrected chi connectivity index (χ4v) is 4.95. The molecule has 1 saturated heterocycles. The molecule has 1 fully saturated rings. The fourth-order valence-electron chi connectivity index (χ4n) is 3.95. The van der Waals surface area contributed by atoms with E-state index in [1.807, 2.05) is 36.1 Å². The zero-order valence-electron chi connectivity index (χ0n) is 18.1. The van der Waals surface area contributed by atoms with Crippen LogP contribution in [0.5, 0.6) is 0 Å². The Morgan fingerprint density at radius 2 is 2.09 bits per heavy atom. The van der Waals surface area contributed by atoms with E-state index in [0.717, 1.165) is 37.1 Å². The first-order valence-electron chi connectivity index (χ1n) is 10.7. The van der Waals surface area contributed by atoms with Crippen molar-refractivity contribution in [3.8, 4) is 0 Å². The third kappa shape index (κ3) is 4.50. The quantitative estimate of drug-likeness (QED) is 0.590. The zero-order valence-corrected chi connectivity index (χ0v) is 18.9. The maximum atomic E-state index is 13.0. The van der Waals surface area contributed by atoms with Crippen LogP contribution in [0.3, 0.4) is 0 Å². The Balaban J connectivity index is 1.52. The molecule has 0 spiro atoms. The molecule has 0 radical (unpaired) electrons. The number of carbonyl (C=O) groups excluding carboxylic acids is 2. The molecule has 4 rings (SSSR count). The molecule has 168 valence electrons. The van der Waals surface area contributed by atoms with Gasteiger partial charge in [-0.25, -0.2) is 4.98 Å². The molecule has 32 heavy (non-hydrogen) atoms. The average molecular weight is 455 g/mol. The lowest BCUT2D eigenvalue weighted by molar-refractivity contribution is -0.124. The number of aromatic nitrogens is 3. The summed E-state index contributed by atoms with van der Waals surface area (Å²) in [7, 11) is 1.64. The second kappa shape index (κ2) is 9.47. The maximum absolute atomic E-state index is 13.0. The van der Waals surface area contributed by atoms with Gasteiger partial charge in [0.05, 0.1) is 5.92 Å². The number of para-hydroxylation sites is 1. The minimum atomic E-state index is -0.294. The van der Waals surface area contributed by atoms with E-state index in [1.165, 1.54) is 22.2 Å². The number of benzene rings is 1. The summed E-state index contributed by atoms with van der Waals surface area (Å²) in [6.45, 7) is 3.23. The average Bonchev–Trinajstić information content (AvgIpc) is 3.26. The predicted molar refractivity (Wildman–Crippen MR) is 125 cm³/mol. The lowest BCUT2D eigenvalue weighted by Crippen LogP contribution is -2.42. The van der Waals surface area contributed by atoms with Gasteiger partial charge in [0.25, 0.3) is 5.56 Å². The van der Waals surface area contributed by atoms with Crippen LogP contribution in [-0.4, -0.2) is 46.5 Å². The van der Waals surface area contributed by atoms with Crippen LogP contribution in [0.15, 0.2) is 35.4 Å². The molecule has 2 N–H and O–H groups in total. The van der Waals surface area contributed by atoms with Gasteiger partial charge in [0.15, 0.2) is 10.8 Å². The number of rotatable bonds is 6. The smallest absolute Gasteiger partial charge is 0.273 e. The molecule has 3 aromatic rings. The van der Waals surface area contributed by atoms with Gasteiger partial charge in [-0.3, -0.25) is 19.0 Å². The minimum Gasteiger partial charge on any atom is -0.359 e. The van der Waals surface area contributed by atoms with E-state index in [2.05, 4.69) is 20.6 Å². The summed E-state index contributed by atoms with van der Waals surface area (Å²) < 4.78 is 1.71. The summed E-state index contributed by atoms with van der Waals surface area (Å²) in [6, 6.07) is 7.60. The van der Waals surface area contributed by atoms with Gasteiger partial charge in [-0.1, -0.05) is 36.5 Å². The second-order valence-corrected chi connectivity index (χ2v) is 8.76. The number of amides is 2. The summed E-state index contributed by atoms with van der Waals surface area (Å²) in [5.74, 6) is -0.365. The van der Waals surface area contributed by atoms with Crippen molar-refractivity contribution in [1.29, 1.82) is 0 Å². The van der Waals surface area contributed by atoms with Crippen LogP contribution in [0.2, 0.25) is 0 Å². The highest BCUT2D eigenvalue weighted by Gasteiger charge is 2.27. The van der Waals surface area contributed by atoms with Crippen molar-refractivity contribution in [2.75, 3.05) is 30.4 Å². The van der Waals surface area contributed by atoms with Crippen LogP contribution < -0.4 is 21.1 Å². The monoisotopic (exact) mass is 454 g/mol. The molecule has 0 saturated carbocycles. The first-order chi connectivity index (χ1) is 15.5. The van der Waals surface area contributed by atoms with Gasteiger partial charge in [0.1, 0.15) is 17.6 Å². The topological polar surface area (TPSA) is 109 Å². The predicted octanol–water partition coefficient (Wildman–Crippen LogP) is 2.02. The number of carbonyl (C=O) groups is 2. The Morgan fingerprint density at radius 1 is 1.28 bits per heavy atom. The van der Waals surface area contributed by atoms with Gasteiger partial charge in [0, 0.05) is 25.8 Å². The molecule has 1 aliphatic heterocycles. The van der Waals surface area contributed by atoms with Crippen molar-refractivity contribution < 1.29 is 9.59 Å². The van der Waals surface area contributed by atoms with Crippen LogP contribution in [0.1, 0.15) is 25.3 Å². The summed E-state index contributed by atoms with van der Waals surface area (Å²) in [4.78, 5) is 48.4. The third-order valence-electron chi connectivity index (χ3n) is 5.67. The number of aryl methyl sites for hydroxylation is 1. The highest BCUT2D eigenvalue weighted by atomic mass is 32.1. The standard InChI is InChI=1S/C22H26N6O3S/c1-3-14-7-4-5-9-16(14)25-17(29)12-28-13-24-19-18(21(28)31)32-22(26-19)27-10-6-8-15(11-27)20(30)23-2/h4-5,7,9,13,15H,3,6,8,10-12H2,1-2H3,(H,23,30)(H,25,29)/t15-/m1/s1. The number of thiazole rings is 1. The van der Waals surface area contributed by atoms with Crippen LogP contribution >= 0.6 is 11.3 Å². The van der Waals surface area contributed by atoms with E-state index in [1.54, 1.807) is 7.05 Å². The summed E-state index contributed by atoms with van der Waals surface area (Å²) >= 11 is 1.26. The van der Waals surface area contributed by atoms with Crippen molar-refractivity contribution in [3.05, 3.63) is 46.5 Å². The fraction of sp³-hybridized carbons (Fsp3) is 0.409. The Labute approximate surface area is 189 Å². The number of fused-ring (bicyclic) bond motifs is 1. The molecule has 2 aromatic heterocycles. The van der Waals surface area contributed by atoms with E-state index >= 15 is 0 Å². The first-order valence-corrected chi connectivity index (χ1v) is 11.5. The molecule has 1 aromatic carbocycles. The summed E-state index contributed by atoms with van der Waals surface area (Å²) in [6.07, 6.45) is 3.88. The largest absolute Gasteiger partial charge is 0.359 e. The van der Waals surface area contributed by atoms with Crippen molar-refractivity contribution in [1.82, 2.24) is 19.9 Å². The van der Waals surface area contributed by atoms with Gasteiger partial charge in [-0.15, -0.1) is 0 Å². The number of nitrogens with zero attached hydrogens (tertiary/aromatic N) is 4. The number of piperidine rings is 1. The Hall–Kier alpha value is -3.27. The molecule has 9 nitrogen and oxygen atoms in total. The Bertz CT molecular complexity index is 1200. The number of nitrogens with one attached hydrogen (secondary N) is 2. The maximum Gasteiger partial charge on any atom is 0.273 e. The van der Waals surface area contributed by atoms with E-state index < -0.39 is 0 Å². The first kappa shape index (κ1) is 21.9. The van der Waals surface area contributed by atoms with Gasteiger partial charge >= 0.3 is 0 Å². The normalized spacial score (nSPS) is 16.2. The molecule has 2 amide bonds. The lowest BCUT2D eigenvalue weighted by Gasteiger charge is -2.31. The summed E-state index contributed by atoms with van der Waals surface area (Å²) in [5.41, 5.74) is 1.85. The minimum absolute atomic E-state index is 0.0203. The van der Waals surface area contributed by atoms with Crippen molar-refractivity contribution in [2.45, 2.75) is 32.7 Å². The zero-order chi connectivity index (χ0) is 22.7. The number of anilines is 2. The van der Waals surface area contributed by atoms with Crippen molar-refractivity contribution in [3.63, 3.8) is 0 Å². The molecule has 3 heterocycles. The van der Waals surface area contributed by atoms with Gasteiger partial charge in [0.2, 0.25) is 11.8 Å². The molecule has 0 unspecified atom stereocenters. The number of hydrogen-bond acceptors (Lipinski definition) is 7. The molecule has 10 heteroatoms. The second-order valence-electron chi connectivity index (χ2n) is 7.79. The highest BCUT2D eigenvalue weighted by molar-refractivity contribution is 7.22. The molecule has 0 aliphatic carbocycles. The van der Waals surface area contributed by atoms with Crippen LogP contribution in [0, 0.1) is 5.92 Å². The third-order valence-corrected chi connectivity index (χ3v) is 6.76. The molecule has 1 atom stereocenters. The Morgan fingerprint density at radius 3 is 2.88 bits per heavy atom. The van der Waals surface area contributed by atoms with E-state index in [0.29, 0.717) is 22.0 Å². The highest BCUT2D eigenvalue weighted by Crippen LogP contribution is 2.29. The molecular formula is C22H26N6O3S. The number of hydrogen-bond donors (Lipinski definition) is 2. The van der Waals surface area contributed by atoms with E-state index in [9.17, 15) is 14.4 Å².